The number of carbonyl (C=O) groups excluding carboxylic acids is 2. The van der Waals surface area contributed by atoms with Crippen LogP contribution in [0.3, 0.4) is 0 Å². The molecule has 1 aliphatic rings. The fourth-order valence-electron chi connectivity index (χ4n) is 1.60. The molecule has 1 aromatic rings. The van der Waals surface area contributed by atoms with Crippen LogP contribution in [0.25, 0.3) is 0 Å². The van der Waals surface area contributed by atoms with Crippen molar-refractivity contribution in [2.24, 2.45) is 5.92 Å². The van der Waals surface area contributed by atoms with Crippen molar-refractivity contribution in [2.75, 3.05) is 11.4 Å². The van der Waals surface area contributed by atoms with Gasteiger partial charge in [0.25, 0.3) is 0 Å². The number of nitrogens with zero attached hydrogens (tertiary/aromatic N) is 1. The van der Waals surface area contributed by atoms with Crippen LogP contribution in [0.15, 0.2) is 28.7 Å². The lowest BCUT2D eigenvalue weighted by Gasteiger charge is -2.30. The minimum atomic E-state index is -0.360. The van der Waals surface area contributed by atoms with Crippen molar-refractivity contribution in [1.82, 2.24) is 5.32 Å². The Morgan fingerprint density at radius 1 is 1.44 bits per heavy atom. The number of carbonyl (C=O) groups is 2. The van der Waals surface area contributed by atoms with E-state index >= 15 is 0 Å². The SMILES string of the molecule is CC1CN(c2cccc(Br)c2)C(=O)NC1=O. The van der Waals surface area contributed by atoms with Gasteiger partial charge in [0, 0.05) is 16.7 Å². The highest BCUT2D eigenvalue weighted by atomic mass is 79.9. The van der Waals surface area contributed by atoms with Crippen LogP contribution in [0, 0.1) is 5.92 Å². The first-order valence-corrected chi connectivity index (χ1v) is 5.75. The van der Waals surface area contributed by atoms with E-state index < -0.39 is 0 Å². The molecule has 1 atom stereocenters. The van der Waals surface area contributed by atoms with Gasteiger partial charge in [-0.3, -0.25) is 15.0 Å². The number of benzene rings is 1. The number of hydrogen-bond acceptors (Lipinski definition) is 2. The van der Waals surface area contributed by atoms with E-state index in [1.807, 2.05) is 24.3 Å². The summed E-state index contributed by atoms with van der Waals surface area (Å²) < 4.78 is 0.905. The number of halogens is 1. The maximum atomic E-state index is 11.6. The van der Waals surface area contributed by atoms with Gasteiger partial charge in [0.15, 0.2) is 0 Å². The first-order valence-electron chi connectivity index (χ1n) is 4.96. The predicted octanol–water partition coefficient (Wildman–Crippen LogP) is 2.14. The summed E-state index contributed by atoms with van der Waals surface area (Å²) in [5.41, 5.74) is 0.784. The zero-order valence-corrected chi connectivity index (χ0v) is 10.3. The predicted molar refractivity (Wildman–Crippen MR) is 64.2 cm³/mol. The Morgan fingerprint density at radius 3 is 2.88 bits per heavy atom. The highest BCUT2D eigenvalue weighted by Gasteiger charge is 2.29. The summed E-state index contributed by atoms with van der Waals surface area (Å²) in [7, 11) is 0. The highest BCUT2D eigenvalue weighted by molar-refractivity contribution is 9.10. The molecular formula is C11H11BrN2O2. The molecule has 1 aliphatic heterocycles. The van der Waals surface area contributed by atoms with Gasteiger partial charge in [0.05, 0.1) is 5.92 Å². The summed E-state index contributed by atoms with van der Waals surface area (Å²) in [5.74, 6) is -0.395. The summed E-state index contributed by atoms with van der Waals surface area (Å²) in [6.45, 7) is 2.22. The summed E-state index contributed by atoms with van der Waals surface area (Å²) in [6.07, 6.45) is 0. The Bertz CT molecular complexity index is 447. The number of rotatable bonds is 1. The second-order valence-corrected chi connectivity index (χ2v) is 4.70. The van der Waals surface area contributed by atoms with Crippen LogP contribution in [0.5, 0.6) is 0 Å². The van der Waals surface area contributed by atoms with Crippen molar-refractivity contribution in [2.45, 2.75) is 6.92 Å². The molecule has 1 aromatic carbocycles. The van der Waals surface area contributed by atoms with Crippen LogP contribution in [0.2, 0.25) is 0 Å². The van der Waals surface area contributed by atoms with Gasteiger partial charge in [-0.1, -0.05) is 28.9 Å². The van der Waals surface area contributed by atoms with Crippen LogP contribution in [-0.4, -0.2) is 18.5 Å². The quantitative estimate of drug-likeness (QED) is 0.858. The standard InChI is InChI=1S/C11H11BrN2O2/c1-7-6-14(11(16)13-10(7)15)9-4-2-3-8(12)5-9/h2-5,7H,6H2,1H3,(H,13,15,16). The number of amides is 3. The van der Waals surface area contributed by atoms with Crippen molar-refractivity contribution in [1.29, 1.82) is 0 Å². The average molecular weight is 283 g/mol. The van der Waals surface area contributed by atoms with Crippen molar-refractivity contribution in [3.8, 4) is 0 Å². The summed E-state index contributed by atoms with van der Waals surface area (Å²) in [4.78, 5) is 24.5. The smallest absolute Gasteiger partial charge is 0.293 e. The first kappa shape index (κ1) is 11.1. The molecule has 3 amide bonds. The monoisotopic (exact) mass is 282 g/mol. The molecule has 5 heteroatoms. The van der Waals surface area contributed by atoms with E-state index in [0.29, 0.717) is 6.54 Å². The second-order valence-electron chi connectivity index (χ2n) is 3.79. The van der Waals surface area contributed by atoms with Crippen LogP contribution >= 0.6 is 15.9 Å². The molecule has 0 aliphatic carbocycles. The molecule has 0 aromatic heterocycles. The molecule has 0 radical (unpaired) electrons. The van der Waals surface area contributed by atoms with Crippen LogP contribution in [0.1, 0.15) is 6.92 Å². The Hall–Kier alpha value is -1.36. The molecule has 2 rings (SSSR count). The average Bonchev–Trinajstić information content (AvgIpc) is 2.23. The molecule has 1 unspecified atom stereocenters. The molecule has 1 saturated heterocycles. The number of urea groups is 1. The van der Waals surface area contributed by atoms with E-state index in [2.05, 4.69) is 21.2 Å². The molecular weight excluding hydrogens is 272 g/mol. The topological polar surface area (TPSA) is 49.4 Å². The number of nitrogens with one attached hydrogen (secondary N) is 1. The maximum Gasteiger partial charge on any atom is 0.328 e. The van der Waals surface area contributed by atoms with Crippen LogP contribution in [-0.2, 0) is 4.79 Å². The van der Waals surface area contributed by atoms with E-state index in [1.165, 1.54) is 0 Å². The van der Waals surface area contributed by atoms with Crippen LogP contribution in [0.4, 0.5) is 10.5 Å². The molecule has 0 saturated carbocycles. The molecule has 16 heavy (non-hydrogen) atoms. The fraction of sp³-hybridized carbons (Fsp3) is 0.273. The number of hydrogen-bond donors (Lipinski definition) is 1. The lowest BCUT2D eigenvalue weighted by atomic mass is 10.1. The van der Waals surface area contributed by atoms with Crippen molar-refractivity contribution in [3.05, 3.63) is 28.7 Å². The minimum absolute atomic E-state index is 0.184. The summed E-state index contributed by atoms with van der Waals surface area (Å²) >= 11 is 3.35. The van der Waals surface area contributed by atoms with Gasteiger partial charge in [0.2, 0.25) is 5.91 Å². The van der Waals surface area contributed by atoms with Gasteiger partial charge in [-0.15, -0.1) is 0 Å². The normalized spacial score (nSPS) is 20.9. The molecule has 1 heterocycles. The van der Waals surface area contributed by atoms with E-state index in [9.17, 15) is 9.59 Å². The van der Waals surface area contributed by atoms with E-state index in [0.717, 1.165) is 10.2 Å². The van der Waals surface area contributed by atoms with Gasteiger partial charge < -0.3 is 0 Å². The van der Waals surface area contributed by atoms with E-state index in [-0.39, 0.29) is 17.9 Å². The Balaban J connectivity index is 2.27. The van der Waals surface area contributed by atoms with Crippen LogP contribution < -0.4 is 10.2 Å². The van der Waals surface area contributed by atoms with E-state index in [4.69, 9.17) is 0 Å². The number of imide groups is 1. The third-order valence-electron chi connectivity index (χ3n) is 2.50. The molecule has 0 spiro atoms. The van der Waals surface area contributed by atoms with Crippen molar-refractivity contribution < 1.29 is 9.59 Å². The third-order valence-corrected chi connectivity index (χ3v) is 2.99. The second kappa shape index (κ2) is 4.25. The lowest BCUT2D eigenvalue weighted by molar-refractivity contribution is -0.123. The Kier molecular flexibility index (Phi) is 2.96. The summed E-state index contributed by atoms with van der Waals surface area (Å²) in [5, 5.41) is 2.33. The first-order chi connectivity index (χ1) is 7.58. The van der Waals surface area contributed by atoms with Gasteiger partial charge in [-0.05, 0) is 18.2 Å². The highest BCUT2D eigenvalue weighted by Crippen LogP contribution is 2.22. The molecule has 84 valence electrons. The van der Waals surface area contributed by atoms with Crippen molar-refractivity contribution in [3.63, 3.8) is 0 Å². The van der Waals surface area contributed by atoms with E-state index in [1.54, 1.807) is 11.8 Å². The zero-order chi connectivity index (χ0) is 11.7. The summed E-state index contributed by atoms with van der Waals surface area (Å²) in [6, 6.07) is 7.07. The molecule has 1 N–H and O–H groups in total. The minimum Gasteiger partial charge on any atom is -0.293 e. The maximum absolute atomic E-state index is 11.6. The Morgan fingerprint density at radius 2 is 2.19 bits per heavy atom. The molecule has 1 fully saturated rings. The zero-order valence-electron chi connectivity index (χ0n) is 8.74. The fourth-order valence-corrected chi connectivity index (χ4v) is 1.99. The third kappa shape index (κ3) is 2.09. The lowest BCUT2D eigenvalue weighted by Crippen LogP contribution is -2.53. The van der Waals surface area contributed by atoms with Gasteiger partial charge in [0.1, 0.15) is 0 Å². The van der Waals surface area contributed by atoms with Gasteiger partial charge in [-0.2, -0.15) is 0 Å². The van der Waals surface area contributed by atoms with Gasteiger partial charge >= 0.3 is 6.03 Å². The van der Waals surface area contributed by atoms with Crippen molar-refractivity contribution >= 4 is 33.6 Å². The number of anilines is 1. The molecule has 4 nitrogen and oxygen atoms in total. The van der Waals surface area contributed by atoms with Gasteiger partial charge in [-0.25, -0.2) is 4.79 Å². The Labute approximate surface area is 102 Å². The molecule has 0 bridgehead atoms. The largest absolute Gasteiger partial charge is 0.328 e.